The zero-order valence-electron chi connectivity index (χ0n) is 10.1. The van der Waals surface area contributed by atoms with Crippen LogP contribution in [0, 0.1) is 6.92 Å². The molecule has 0 N–H and O–H groups in total. The van der Waals surface area contributed by atoms with Crippen LogP contribution in [0.5, 0.6) is 0 Å². The van der Waals surface area contributed by atoms with Gasteiger partial charge in [-0.3, -0.25) is 4.90 Å². The highest BCUT2D eigenvalue weighted by atomic mass is 16.5. The van der Waals surface area contributed by atoms with Crippen LogP contribution in [0.25, 0.3) is 11.0 Å². The van der Waals surface area contributed by atoms with Crippen LogP contribution in [0.2, 0.25) is 0 Å². The first-order chi connectivity index (χ1) is 8.33. The fourth-order valence-corrected chi connectivity index (χ4v) is 2.32. The number of hydrogen-bond donors (Lipinski definition) is 0. The average molecular weight is 231 g/mol. The number of ether oxygens (including phenoxy) is 1. The third kappa shape index (κ3) is 2.21. The monoisotopic (exact) mass is 231 g/mol. The van der Waals surface area contributed by atoms with Crippen molar-refractivity contribution in [3.8, 4) is 0 Å². The quantitative estimate of drug-likeness (QED) is 0.794. The van der Waals surface area contributed by atoms with Crippen molar-refractivity contribution in [2.45, 2.75) is 13.5 Å². The minimum absolute atomic E-state index is 0.842. The van der Waals surface area contributed by atoms with E-state index < -0.39 is 0 Å². The first-order valence-corrected chi connectivity index (χ1v) is 6.10. The van der Waals surface area contributed by atoms with Gasteiger partial charge in [-0.1, -0.05) is 11.6 Å². The molecule has 1 saturated heterocycles. The predicted octanol–water partition coefficient (Wildman–Crippen LogP) is 2.57. The first kappa shape index (κ1) is 10.8. The Hall–Kier alpha value is -1.32. The lowest BCUT2D eigenvalue weighted by molar-refractivity contribution is 0.0342. The number of furan rings is 1. The Morgan fingerprint density at radius 1 is 1.24 bits per heavy atom. The summed E-state index contributed by atoms with van der Waals surface area (Å²) in [5, 5.41) is 1.25. The molecule has 1 aliphatic rings. The van der Waals surface area contributed by atoms with Gasteiger partial charge in [0.15, 0.2) is 0 Å². The van der Waals surface area contributed by atoms with Crippen molar-refractivity contribution >= 4 is 11.0 Å². The van der Waals surface area contributed by atoms with Crippen LogP contribution in [0.4, 0.5) is 0 Å². The molecule has 0 aliphatic carbocycles. The largest absolute Gasteiger partial charge is 0.464 e. The molecule has 0 unspecified atom stereocenters. The normalized spacial score (nSPS) is 17.7. The third-order valence-electron chi connectivity index (χ3n) is 3.31. The highest BCUT2D eigenvalue weighted by Gasteiger charge is 2.13. The smallest absolute Gasteiger partial charge is 0.134 e. The Kier molecular flexibility index (Phi) is 2.87. The molecule has 0 spiro atoms. The van der Waals surface area contributed by atoms with E-state index in [0.29, 0.717) is 0 Å². The van der Waals surface area contributed by atoms with E-state index in [1.165, 1.54) is 16.5 Å². The van der Waals surface area contributed by atoms with E-state index in [9.17, 15) is 0 Å². The number of morpholine rings is 1. The van der Waals surface area contributed by atoms with Gasteiger partial charge in [-0.25, -0.2) is 0 Å². The van der Waals surface area contributed by atoms with E-state index in [4.69, 9.17) is 9.15 Å². The van der Waals surface area contributed by atoms with Crippen molar-refractivity contribution < 1.29 is 9.15 Å². The molecule has 2 heterocycles. The molecule has 1 fully saturated rings. The second kappa shape index (κ2) is 4.51. The summed E-state index contributed by atoms with van der Waals surface area (Å²) in [5.74, 6) is 0. The molecular weight excluding hydrogens is 214 g/mol. The maximum Gasteiger partial charge on any atom is 0.134 e. The fraction of sp³-hybridized carbons (Fsp3) is 0.429. The Morgan fingerprint density at radius 2 is 2.06 bits per heavy atom. The van der Waals surface area contributed by atoms with Crippen molar-refractivity contribution in [3.63, 3.8) is 0 Å². The van der Waals surface area contributed by atoms with Crippen molar-refractivity contribution in [2.75, 3.05) is 26.3 Å². The average Bonchev–Trinajstić information content (AvgIpc) is 2.73. The molecule has 17 heavy (non-hydrogen) atoms. The molecular formula is C14H17NO2. The summed E-state index contributed by atoms with van der Waals surface area (Å²) >= 11 is 0. The van der Waals surface area contributed by atoms with Gasteiger partial charge >= 0.3 is 0 Å². The molecule has 2 aromatic rings. The third-order valence-corrected chi connectivity index (χ3v) is 3.31. The molecule has 0 bridgehead atoms. The maximum absolute atomic E-state index is 5.59. The van der Waals surface area contributed by atoms with Crippen LogP contribution >= 0.6 is 0 Å². The molecule has 0 atom stereocenters. The summed E-state index contributed by atoms with van der Waals surface area (Å²) in [4.78, 5) is 2.41. The van der Waals surface area contributed by atoms with Crippen LogP contribution in [0.3, 0.4) is 0 Å². The van der Waals surface area contributed by atoms with Gasteiger partial charge in [-0.05, 0) is 19.1 Å². The Bertz CT molecular complexity index is 512. The molecule has 0 saturated carbocycles. The van der Waals surface area contributed by atoms with E-state index >= 15 is 0 Å². The summed E-state index contributed by atoms with van der Waals surface area (Å²) in [7, 11) is 0. The zero-order chi connectivity index (χ0) is 11.7. The second-order valence-corrected chi connectivity index (χ2v) is 4.65. The topological polar surface area (TPSA) is 25.6 Å². The van der Waals surface area contributed by atoms with Gasteiger partial charge in [-0.15, -0.1) is 0 Å². The molecule has 1 aromatic carbocycles. The molecule has 3 nitrogen and oxygen atoms in total. The minimum atomic E-state index is 0.842. The van der Waals surface area contributed by atoms with Gasteiger partial charge in [0.2, 0.25) is 0 Å². The molecule has 1 aliphatic heterocycles. The van der Waals surface area contributed by atoms with E-state index in [-0.39, 0.29) is 0 Å². The van der Waals surface area contributed by atoms with Crippen LogP contribution in [0.1, 0.15) is 11.1 Å². The lowest BCUT2D eigenvalue weighted by atomic mass is 10.1. The lowest BCUT2D eigenvalue weighted by Crippen LogP contribution is -2.35. The number of fused-ring (bicyclic) bond motifs is 1. The molecule has 0 radical (unpaired) electrons. The van der Waals surface area contributed by atoms with Crippen molar-refractivity contribution in [1.82, 2.24) is 4.90 Å². The van der Waals surface area contributed by atoms with Gasteiger partial charge in [0.05, 0.1) is 19.5 Å². The van der Waals surface area contributed by atoms with Gasteiger partial charge in [0.25, 0.3) is 0 Å². The van der Waals surface area contributed by atoms with Crippen LogP contribution in [-0.4, -0.2) is 31.2 Å². The Balaban J connectivity index is 1.86. The van der Waals surface area contributed by atoms with Gasteiger partial charge in [0.1, 0.15) is 5.58 Å². The number of hydrogen-bond acceptors (Lipinski definition) is 3. The SMILES string of the molecule is Cc1ccc2occ(CN3CCOCC3)c2c1. The number of aryl methyl sites for hydroxylation is 1. The van der Waals surface area contributed by atoms with E-state index in [1.54, 1.807) is 0 Å². The van der Waals surface area contributed by atoms with Gasteiger partial charge < -0.3 is 9.15 Å². The summed E-state index contributed by atoms with van der Waals surface area (Å²) in [6.07, 6.45) is 1.89. The van der Waals surface area contributed by atoms with E-state index in [2.05, 4.69) is 24.0 Å². The van der Waals surface area contributed by atoms with Crippen molar-refractivity contribution in [3.05, 3.63) is 35.6 Å². The molecule has 90 valence electrons. The first-order valence-electron chi connectivity index (χ1n) is 6.10. The standard InChI is InChI=1S/C14H17NO2/c1-11-2-3-14-13(8-11)12(10-17-14)9-15-4-6-16-7-5-15/h2-3,8,10H,4-7,9H2,1H3. The zero-order valence-corrected chi connectivity index (χ0v) is 10.1. The highest BCUT2D eigenvalue weighted by Crippen LogP contribution is 2.23. The lowest BCUT2D eigenvalue weighted by Gasteiger charge is -2.26. The van der Waals surface area contributed by atoms with Crippen molar-refractivity contribution in [1.29, 1.82) is 0 Å². The van der Waals surface area contributed by atoms with Gasteiger partial charge in [-0.2, -0.15) is 0 Å². The molecule has 0 amide bonds. The Labute approximate surface area is 101 Å². The Morgan fingerprint density at radius 3 is 2.88 bits per heavy atom. The maximum atomic E-state index is 5.59. The van der Waals surface area contributed by atoms with Crippen LogP contribution in [-0.2, 0) is 11.3 Å². The summed E-state index contributed by atoms with van der Waals surface area (Å²) in [5.41, 5.74) is 3.55. The van der Waals surface area contributed by atoms with Crippen LogP contribution < -0.4 is 0 Å². The second-order valence-electron chi connectivity index (χ2n) is 4.65. The number of nitrogens with zero attached hydrogens (tertiary/aromatic N) is 1. The minimum Gasteiger partial charge on any atom is -0.464 e. The summed E-state index contributed by atoms with van der Waals surface area (Å²) < 4.78 is 10.9. The number of benzene rings is 1. The molecule has 3 rings (SSSR count). The fourth-order valence-electron chi connectivity index (χ4n) is 2.32. The highest BCUT2D eigenvalue weighted by molar-refractivity contribution is 5.81. The predicted molar refractivity (Wildman–Crippen MR) is 67.0 cm³/mol. The molecule has 1 aromatic heterocycles. The molecule has 3 heteroatoms. The number of rotatable bonds is 2. The summed E-state index contributed by atoms with van der Waals surface area (Å²) in [6.45, 7) is 6.78. The van der Waals surface area contributed by atoms with Crippen LogP contribution in [0.15, 0.2) is 28.9 Å². The summed E-state index contributed by atoms with van der Waals surface area (Å²) in [6, 6.07) is 6.34. The van der Waals surface area contributed by atoms with E-state index in [0.717, 1.165) is 38.4 Å². The van der Waals surface area contributed by atoms with Crippen molar-refractivity contribution in [2.24, 2.45) is 0 Å². The van der Waals surface area contributed by atoms with Gasteiger partial charge in [0, 0.05) is 30.6 Å². The van der Waals surface area contributed by atoms with E-state index in [1.807, 2.05) is 12.3 Å².